The molecule has 4 nitrogen and oxygen atoms in total. The number of benzene rings is 1. The Morgan fingerprint density at radius 1 is 1.08 bits per heavy atom. The van der Waals surface area contributed by atoms with Gasteiger partial charge in [0.15, 0.2) is 5.76 Å². The van der Waals surface area contributed by atoms with E-state index in [1.54, 1.807) is 22.3 Å². The van der Waals surface area contributed by atoms with Crippen LogP contribution < -0.4 is 4.80 Å². The zero-order valence-corrected chi connectivity index (χ0v) is 15.3. The Hall–Kier alpha value is -2.41. The van der Waals surface area contributed by atoms with Crippen molar-refractivity contribution < 1.29 is 4.42 Å². The highest BCUT2D eigenvalue weighted by atomic mass is 35.5. The summed E-state index contributed by atoms with van der Waals surface area (Å²) in [6.07, 6.45) is 3.46. The van der Waals surface area contributed by atoms with Crippen LogP contribution in [0.1, 0.15) is 5.56 Å². The number of hydrogen-bond acceptors (Lipinski definition) is 5. The Bertz CT molecular complexity index is 1040. The summed E-state index contributed by atoms with van der Waals surface area (Å²) >= 11 is 9.08. The van der Waals surface area contributed by atoms with Gasteiger partial charge >= 0.3 is 0 Å². The summed E-state index contributed by atoms with van der Waals surface area (Å²) in [5.41, 5.74) is 2.72. The minimum Gasteiger partial charge on any atom is -0.463 e. The first kappa shape index (κ1) is 16.1. The van der Waals surface area contributed by atoms with Gasteiger partial charge in [0.2, 0.25) is 4.80 Å². The first-order valence-electron chi connectivity index (χ1n) is 7.41. The topological polar surface area (TPSA) is 42.8 Å². The van der Waals surface area contributed by atoms with E-state index >= 15 is 0 Å². The molecule has 4 rings (SSSR count). The van der Waals surface area contributed by atoms with Crippen LogP contribution in [0, 0.1) is 0 Å². The maximum Gasteiger partial charge on any atom is 0.211 e. The molecule has 0 radical (unpaired) electrons. The van der Waals surface area contributed by atoms with Crippen LogP contribution in [-0.2, 0) is 0 Å². The van der Waals surface area contributed by atoms with Crippen molar-refractivity contribution in [3.63, 3.8) is 0 Å². The molecule has 0 amide bonds. The molecule has 0 atom stereocenters. The van der Waals surface area contributed by atoms with E-state index in [4.69, 9.17) is 16.0 Å². The Morgan fingerprint density at radius 2 is 1.96 bits per heavy atom. The van der Waals surface area contributed by atoms with Crippen LogP contribution in [0.5, 0.6) is 0 Å². The lowest BCUT2D eigenvalue weighted by Gasteiger charge is -2.00. The van der Waals surface area contributed by atoms with Gasteiger partial charge in [0.05, 0.1) is 18.2 Å². The third-order valence-corrected chi connectivity index (χ3v) is 5.15. The van der Waals surface area contributed by atoms with E-state index in [0.717, 1.165) is 27.5 Å². The van der Waals surface area contributed by atoms with E-state index in [1.807, 2.05) is 64.8 Å². The van der Waals surface area contributed by atoms with Gasteiger partial charge in [0.1, 0.15) is 5.69 Å². The summed E-state index contributed by atoms with van der Waals surface area (Å²) in [5, 5.41) is 11.3. The number of thiophene rings is 1. The highest BCUT2D eigenvalue weighted by molar-refractivity contribution is 7.08. The van der Waals surface area contributed by atoms with Crippen LogP contribution in [-0.4, -0.2) is 10.9 Å². The monoisotopic (exact) mass is 385 g/mol. The number of thiazole rings is 1. The molecule has 1 aromatic carbocycles. The molecule has 3 aromatic heterocycles. The smallest absolute Gasteiger partial charge is 0.211 e. The molecule has 124 valence electrons. The standard InChI is InChI=1S/C18H12ClN3OS2/c19-14-3-5-15(6-4-14)21-18-22(20-10-13-7-9-24-11-13)16(12-25-18)17-2-1-8-23-17/h1-12H. The third kappa shape index (κ3) is 3.66. The summed E-state index contributed by atoms with van der Waals surface area (Å²) in [7, 11) is 0. The fourth-order valence-corrected chi connectivity index (χ4v) is 3.76. The molecule has 0 aliphatic heterocycles. The van der Waals surface area contributed by atoms with Gasteiger partial charge in [-0.2, -0.15) is 16.4 Å². The molecule has 0 aliphatic rings. The van der Waals surface area contributed by atoms with Crippen LogP contribution in [0.2, 0.25) is 5.02 Å². The van der Waals surface area contributed by atoms with Crippen LogP contribution in [0.3, 0.4) is 0 Å². The molecule has 25 heavy (non-hydrogen) atoms. The SMILES string of the molecule is Clc1ccc(N=c2scc(-c3ccco3)n2N=Cc2ccsc2)cc1. The molecule has 0 aliphatic carbocycles. The maximum absolute atomic E-state index is 5.95. The quantitative estimate of drug-likeness (QED) is 0.419. The van der Waals surface area contributed by atoms with Crippen LogP contribution in [0.15, 0.2) is 79.4 Å². The van der Waals surface area contributed by atoms with Crippen LogP contribution in [0.4, 0.5) is 5.69 Å². The molecule has 0 bridgehead atoms. The summed E-state index contributed by atoms with van der Waals surface area (Å²) in [4.78, 5) is 5.43. The fourth-order valence-electron chi connectivity index (χ4n) is 2.18. The fraction of sp³-hybridized carbons (Fsp3) is 0. The van der Waals surface area contributed by atoms with Gasteiger partial charge in [0.25, 0.3) is 0 Å². The second-order valence-corrected chi connectivity index (χ2v) is 7.14. The molecule has 7 heteroatoms. The molecule has 3 heterocycles. The minimum absolute atomic E-state index is 0.685. The van der Waals surface area contributed by atoms with Gasteiger partial charge in [-0.25, -0.2) is 9.67 Å². The third-order valence-electron chi connectivity index (χ3n) is 3.38. The van der Waals surface area contributed by atoms with Crippen LogP contribution in [0.25, 0.3) is 11.5 Å². The number of halogens is 1. The van der Waals surface area contributed by atoms with E-state index in [-0.39, 0.29) is 0 Å². The Morgan fingerprint density at radius 3 is 2.68 bits per heavy atom. The summed E-state index contributed by atoms with van der Waals surface area (Å²) in [6.45, 7) is 0. The number of aromatic nitrogens is 1. The van der Waals surface area contributed by atoms with Gasteiger partial charge < -0.3 is 4.42 Å². The lowest BCUT2D eigenvalue weighted by Crippen LogP contribution is -2.11. The lowest BCUT2D eigenvalue weighted by atomic mass is 10.3. The summed E-state index contributed by atoms with van der Waals surface area (Å²) in [6, 6.07) is 13.2. The van der Waals surface area contributed by atoms with E-state index in [2.05, 4.69) is 10.1 Å². The van der Waals surface area contributed by atoms with Gasteiger partial charge in [-0.1, -0.05) is 11.6 Å². The molecule has 0 saturated heterocycles. The van der Waals surface area contributed by atoms with Crippen molar-refractivity contribution in [3.8, 4) is 11.5 Å². The van der Waals surface area contributed by atoms with E-state index < -0.39 is 0 Å². The molecular weight excluding hydrogens is 374 g/mol. The second-order valence-electron chi connectivity index (χ2n) is 5.08. The minimum atomic E-state index is 0.685. The normalized spacial score (nSPS) is 12.3. The van der Waals surface area contributed by atoms with E-state index in [1.165, 1.54) is 11.3 Å². The lowest BCUT2D eigenvalue weighted by molar-refractivity contribution is 0.575. The van der Waals surface area contributed by atoms with Crippen molar-refractivity contribution in [3.05, 3.63) is 80.3 Å². The molecule has 4 aromatic rings. The van der Waals surface area contributed by atoms with Gasteiger partial charge in [-0.15, -0.1) is 11.3 Å². The van der Waals surface area contributed by atoms with Crippen molar-refractivity contribution in [2.75, 3.05) is 0 Å². The molecule has 0 N–H and O–H groups in total. The number of hydrogen-bond donors (Lipinski definition) is 0. The first-order valence-corrected chi connectivity index (χ1v) is 9.61. The number of nitrogens with zero attached hydrogens (tertiary/aromatic N) is 3. The number of rotatable bonds is 4. The molecule has 0 saturated carbocycles. The number of furan rings is 1. The van der Waals surface area contributed by atoms with Crippen LogP contribution >= 0.6 is 34.3 Å². The van der Waals surface area contributed by atoms with Gasteiger partial charge in [-0.3, -0.25) is 0 Å². The predicted octanol–water partition coefficient (Wildman–Crippen LogP) is 5.64. The van der Waals surface area contributed by atoms with E-state index in [9.17, 15) is 0 Å². The van der Waals surface area contributed by atoms with E-state index in [0.29, 0.717) is 5.02 Å². The van der Waals surface area contributed by atoms with Crippen molar-refractivity contribution in [1.29, 1.82) is 0 Å². The zero-order chi connectivity index (χ0) is 17.1. The van der Waals surface area contributed by atoms with Crippen molar-refractivity contribution in [1.82, 2.24) is 4.68 Å². The predicted molar refractivity (Wildman–Crippen MR) is 104 cm³/mol. The highest BCUT2D eigenvalue weighted by Gasteiger charge is 2.10. The van der Waals surface area contributed by atoms with Crippen molar-refractivity contribution >= 4 is 46.2 Å². The maximum atomic E-state index is 5.95. The first-order chi connectivity index (χ1) is 12.3. The zero-order valence-electron chi connectivity index (χ0n) is 12.9. The molecule has 0 unspecified atom stereocenters. The second kappa shape index (κ2) is 7.23. The average molecular weight is 386 g/mol. The Labute approximate surface area is 157 Å². The largest absolute Gasteiger partial charge is 0.463 e. The summed E-state index contributed by atoms with van der Waals surface area (Å²) < 4.78 is 7.32. The Kier molecular flexibility index (Phi) is 4.65. The Balaban J connectivity index is 1.82. The van der Waals surface area contributed by atoms with Gasteiger partial charge in [0, 0.05) is 16.0 Å². The van der Waals surface area contributed by atoms with Crippen molar-refractivity contribution in [2.45, 2.75) is 0 Å². The molecule has 0 fully saturated rings. The van der Waals surface area contributed by atoms with Crippen molar-refractivity contribution in [2.24, 2.45) is 10.1 Å². The molecular formula is C18H12ClN3OS2. The highest BCUT2D eigenvalue weighted by Crippen LogP contribution is 2.22. The average Bonchev–Trinajstić information content (AvgIpc) is 3.37. The molecule has 0 spiro atoms. The van der Waals surface area contributed by atoms with Gasteiger partial charge in [-0.05, 0) is 53.2 Å². The summed E-state index contributed by atoms with van der Waals surface area (Å²) in [5.74, 6) is 0.747.